The Morgan fingerprint density at radius 1 is 1.19 bits per heavy atom. The van der Waals surface area contributed by atoms with Gasteiger partial charge < -0.3 is 9.52 Å². The van der Waals surface area contributed by atoms with Gasteiger partial charge in [-0.15, -0.1) is 0 Å². The van der Waals surface area contributed by atoms with Crippen LogP contribution in [-0.2, 0) is 0 Å². The summed E-state index contributed by atoms with van der Waals surface area (Å²) in [5.41, 5.74) is 1.28. The van der Waals surface area contributed by atoms with Crippen molar-refractivity contribution in [3.63, 3.8) is 0 Å². The monoisotopic (exact) mass is 213 g/mol. The summed E-state index contributed by atoms with van der Waals surface area (Å²) in [6.07, 6.45) is 0. The summed E-state index contributed by atoms with van der Waals surface area (Å²) in [6, 6.07) is 9.27. The van der Waals surface area contributed by atoms with E-state index in [1.54, 1.807) is 24.3 Å². The predicted octanol–water partition coefficient (Wildman–Crippen LogP) is 2.00. The highest BCUT2D eigenvalue weighted by Gasteiger charge is 2.10. The van der Waals surface area contributed by atoms with E-state index in [1.165, 1.54) is 12.1 Å². The molecule has 1 aliphatic heterocycles. The normalized spacial score (nSPS) is 11.0. The van der Waals surface area contributed by atoms with Crippen LogP contribution in [0.1, 0.15) is 0 Å². The van der Waals surface area contributed by atoms with Gasteiger partial charge in [-0.2, -0.15) is 0 Å². The van der Waals surface area contributed by atoms with Gasteiger partial charge in [0.25, 0.3) is 0 Å². The molecule has 0 saturated carbocycles. The predicted molar refractivity (Wildman–Crippen MR) is 58.6 cm³/mol. The van der Waals surface area contributed by atoms with Crippen LogP contribution in [0.3, 0.4) is 0 Å². The van der Waals surface area contributed by atoms with Gasteiger partial charge in [0.15, 0.2) is 16.8 Å². The first-order valence-corrected chi connectivity index (χ1v) is 4.77. The van der Waals surface area contributed by atoms with Gasteiger partial charge in [-0.3, -0.25) is 4.79 Å². The highest BCUT2D eigenvalue weighted by atomic mass is 16.3. The molecule has 4 heteroatoms. The number of phenols is 1. The molecule has 2 aliphatic rings. The van der Waals surface area contributed by atoms with Gasteiger partial charge in [-0.25, -0.2) is 4.98 Å². The number of aromatic hydroxyl groups is 1. The smallest absolute Gasteiger partial charge is 0.182 e. The molecule has 0 aromatic heterocycles. The number of nitrogens with zero attached hydrogens (tertiary/aromatic N) is 1. The molecule has 0 atom stereocenters. The Kier molecular flexibility index (Phi) is 1.71. The van der Waals surface area contributed by atoms with E-state index < -0.39 is 0 Å². The molecule has 0 spiro atoms. The summed E-state index contributed by atoms with van der Waals surface area (Å²) in [5, 5.41) is 9.60. The lowest BCUT2D eigenvalue weighted by Gasteiger charge is -2.05. The molecule has 1 aliphatic carbocycles. The summed E-state index contributed by atoms with van der Waals surface area (Å²) in [7, 11) is 0. The van der Waals surface area contributed by atoms with Crippen molar-refractivity contribution in [1.82, 2.24) is 4.98 Å². The maximum absolute atomic E-state index is 11.1. The molecule has 0 unspecified atom stereocenters. The van der Waals surface area contributed by atoms with Crippen molar-refractivity contribution < 1.29 is 9.52 Å². The van der Waals surface area contributed by atoms with Gasteiger partial charge >= 0.3 is 0 Å². The average Bonchev–Trinajstić information content (AvgIpc) is 2.27. The van der Waals surface area contributed by atoms with Crippen molar-refractivity contribution in [2.45, 2.75) is 0 Å². The van der Waals surface area contributed by atoms with E-state index in [0.29, 0.717) is 22.6 Å². The zero-order chi connectivity index (χ0) is 11.1. The van der Waals surface area contributed by atoms with Crippen molar-refractivity contribution >= 4 is 11.1 Å². The number of benzene rings is 2. The second kappa shape index (κ2) is 3.06. The molecule has 0 amide bonds. The topological polar surface area (TPSA) is 63.3 Å². The Labute approximate surface area is 90.1 Å². The minimum Gasteiger partial charge on any atom is -0.506 e. The SMILES string of the molecule is O=c1ccc2nc3c(O)cccc3oc-2c1. The van der Waals surface area contributed by atoms with E-state index in [2.05, 4.69) is 4.98 Å². The van der Waals surface area contributed by atoms with Gasteiger partial charge in [0.1, 0.15) is 17.0 Å². The molecule has 0 saturated heterocycles. The lowest BCUT2D eigenvalue weighted by atomic mass is 10.2. The Balaban J connectivity index is 2.50. The highest BCUT2D eigenvalue weighted by Crippen LogP contribution is 2.28. The summed E-state index contributed by atoms with van der Waals surface area (Å²) in [5.74, 6) is 0.486. The first-order valence-electron chi connectivity index (χ1n) is 4.77. The molecule has 16 heavy (non-hydrogen) atoms. The van der Waals surface area contributed by atoms with Crippen LogP contribution in [0.25, 0.3) is 22.6 Å². The fourth-order valence-electron chi connectivity index (χ4n) is 1.61. The Hall–Kier alpha value is -2.36. The minimum atomic E-state index is -0.127. The van der Waals surface area contributed by atoms with Gasteiger partial charge in [0.05, 0.1) is 0 Å². The third-order valence-corrected chi connectivity index (χ3v) is 2.36. The lowest BCUT2D eigenvalue weighted by Crippen LogP contribution is -1.99. The molecule has 3 rings (SSSR count). The molecule has 1 heterocycles. The van der Waals surface area contributed by atoms with Crippen LogP contribution in [0.15, 0.2) is 45.6 Å². The average molecular weight is 213 g/mol. The van der Waals surface area contributed by atoms with E-state index >= 15 is 0 Å². The Bertz CT molecular complexity index is 702. The number of fused-ring (bicyclic) bond motifs is 2. The third kappa shape index (κ3) is 1.24. The van der Waals surface area contributed by atoms with Crippen molar-refractivity contribution in [3.8, 4) is 17.2 Å². The number of para-hydroxylation sites is 1. The molecule has 0 fully saturated rings. The molecule has 4 nitrogen and oxygen atoms in total. The van der Waals surface area contributed by atoms with E-state index in [4.69, 9.17) is 4.42 Å². The van der Waals surface area contributed by atoms with Gasteiger partial charge in [-0.1, -0.05) is 6.07 Å². The molecule has 78 valence electrons. The van der Waals surface area contributed by atoms with Crippen LogP contribution in [0, 0.1) is 0 Å². The zero-order valence-corrected chi connectivity index (χ0v) is 8.18. The number of hydrogen-bond acceptors (Lipinski definition) is 4. The molecular formula is C12H7NO3. The highest BCUT2D eigenvalue weighted by molar-refractivity contribution is 5.81. The van der Waals surface area contributed by atoms with E-state index in [9.17, 15) is 9.90 Å². The number of hydrogen-bond donors (Lipinski definition) is 1. The van der Waals surface area contributed by atoms with E-state index in [0.717, 1.165) is 0 Å². The molecular weight excluding hydrogens is 206 g/mol. The van der Waals surface area contributed by atoms with Crippen LogP contribution >= 0.6 is 0 Å². The quantitative estimate of drug-likeness (QED) is 0.580. The standard InChI is InChI=1S/C12H7NO3/c14-7-4-5-8-11(6-7)16-10-3-1-2-9(15)12(10)13-8/h1-6,15H. The second-order valence-electron chi connectivity index (χ2n) is 3.47. The summed E-state index contributed by atoms with van der Waals surface area (Å²) in [6.45, 7) is 0. The third-order valence-electron chi connectivity index (χ3n) is 2.36. The van der Waals surface area contributed by atoms with Crippen molar-refractivity contribution in [2.24, 2.45) is 0 Å². The van der Waals surface area contributed by atoms with Crippen LogP contribution in [0.2, 0.25) is 0 Å². The fraction of sp³-hybridized carbons (Fsp3) is 0. The largest absolute Gasteiger partial charge is 0.506 e. The number of aromatic nitrogens is 1. The van der Waals surface area contributed by atoms with E-state index in [1.807, 2.05) is 0 Å². The van der Waals surface area contributed by atoms with Crippen LogP contribution in [0.4, 0.5) is 0 Å². The molecule has 1 aromatic carbocycles. The zero-order valence-electron chi connectivity index (χ0n) is 8.18. The number of rotatable bonds is 0. The molecule has 1 aromatic rings. The Morgan fingerprint density at radius 2 is 2.06 bits per heavy atom. The lowest BCUT2D eigenvalue weighted by molar-refractivity contribution is 0.478. The maximum atomic E-state index is 11.1. The summed E-state index contributed by atoms with van der Waals surface area (Å²) >= 11 is 0. The molecule has 0 bridgehead atoms. The van der Waals surface area contributed by atoms with Crippen LogP contribution < -0.4 is 5.43 Å². The van der Waals surface area contributed by atoms with Gasteiger partial charge in [0.2, 0.25) is 0 Å². The summed E-state index contributed by atoms with van der Waals surface area (Å²) < 4.78 is 5.49. The maximum Gasteiger partial charge on any atom is 0.182 e. The van der Waals surface area contributed by atoms with Gasteiger partial charge in [0, 0.05) is 6.07 Å². The van der Waals surface area contributed by atoms with Crippen LogP contribution in [0.5, 0.6) is 5.75 Å². The number of phenolic OH excluding ortho intramolecular Hbond substituents is 1. The first kappa shape index (κ1) is 8.91. The Morgan fingerprint density at radius 3 is 2.94 bits per heavy atom. The molecule has 0 radical (unpaired) electrons. The molecule has 1 N–H and O–H groups in total. The first-order chi connectivity index (χ1) is 7.74. The van der Waals surface area contributed by atoms with Crippen molar-refractivity contribution in [2.75, 3.05) is 0 Å². The van der Waals surface area contributed by atoms with Gasteiger partial charge in [-0.05, 0) is 24.3 Å². The minimum absolute atomic E-state index is 0.0642. The van der Waals surface area contributed by atoms with E-state index in [-0.39, 0.29) is 11.2 Å². The summed E-state index contributed by atoms with van der Waals surface area (Å²) in [4.78, 5) is 15.4. The van der Waals surface area contributed by atoms with Crippen molar-refractivity contribution in [3.05, 3.63) is 46.6 Å². The second-order valence-corrected chi connectivity index (χ2v) is 3.47. The fourth-order valence-corrected chi connectivity index (χ4v) is 1.61. The van der Waals surface area contributed by atoms with Crippen LogP contribution in [-0.4, -0.2) is 10.1 Å². The van der Waals surface area contributed by atoms with Crippen molar-refractivity contribution in [1.29, 1.82) is 0 Å².